The van der Waals surface area contributed by atoms with Gasteiger partial charge in [-0.2, -0.15) is 0 Å². The summed E-state index contributed by atoms with van der Waals surface area (Å²) >= 11 is 0. The van der Waals surface area contributed by atoms with Gasteiger partial charge >= 0.3 is 17.8 Å². The minimum Gasteiger partial charge on any atom is -0.333 e. The van der Waals surface area contributed by atoms with Gasteiger partial charge in [-0.15, -0.1) is 0 Å². The second-order valence-corrected chi connectivity index (χ2v) is 6.37. The zero-order valence-corrected chi connectivity index (χ0v) is 13.9. The fraction of sp³-hybridized carbons (Fsp3) is 0.733. The van der Waals surface area contributed by atoms with Gasteiger partial charge in [0.05, 0.1) is 6.04 Å². The highest BCUT2D eigenvalue weighted by Gasteiger charge is 2.37. The maximum absolute atomic E-state index is 12.3. The lowest BCUT2D eigenvalue weighted by Gasteiger charge is -2.33. The number of Topliss-reactive ketones (excluding diaryl/α,β-unsaturated/α-hetero) is 1. The van der Waals surface area contributed by atoms with E-state index in [0.29, 0.717) is 19.5 Å². The number of piperazine rings is 1. The lowest BCUT2D eigenvalue weighted by atomic mass is 9.85. The maximum Gasteiger partial charge on any atom is 0.325 e. The van der Waals surface area contributed by atoms with Crippen molar-refractivity contribution in [2.75, 3.05) is 19.6 Å². The van der Waals surface area contributed by atoms with E-state index in [-0.39, 0.29) is 12.3 Å². The van der Waals surface area contributed by atoms with E-state index in [1.54, 1.807) is 34.6 Å². The molecular weight excluding hydrogens is 286 g/mol. The smallest absolute Gasteiger partial charge is 0.325 e. The first-order valence-electron chi connectivity index (χ1n) is 7.59. The predicted octanol–water partition coefficient (Wildman–Crippen LogP) is 0.780. The van der Waals surface area contributed by atoms with Crippen molar-refractivity contribution < 1.29 is 19.2 Å². The molecule has 0 unspecified atom stereocenters. The Morgan fingerprint density at radius 3 is 2.18 bits per heavy atom. The average Bonchev–Trinajstić information content (AvgIpc) is 2.45. The van der Waals surface area contributed by atoms with Crippen LogP contribution in [0.5, 0.6) is 0 Å². The van der Waals surface area contributed by atoms with Gasteiger partial charge in [0.15, 0.2) is 5.78 Å². The van der Waals surface area contributed by atoms with Crippen LogP contribution in [0, 0.1) is 5.41 Å². The third-order valence-electron chi connectivity index (χ3n) is 3.70. The lowest BCUT2D eigenvalue weighted by Crippen LogP contribution is -2.60. The summed E-state index contributed by atoms with van der Waals surface area (Å²) in [5.41, 5.74) is -0.589. The highest BCUT2D eigenvalue weighted by Crippen LogP contribution is 2.18. The molecule has 0 aromatic heterocycles. The molecule has 0 aromatic rings. The van der Waals surface area contributed by atoms with E-state index in [9.17, 15) is 19.2 Å². The molecule has 1 N–H and O–H groups in total. The van der Waals surface area contributed by atoms with Crippen LogP contribution in [0.2, 0.25) is 0 Å². The molecule has 7 heteroatoms. The summed E-state index contributed by atoms with van der Waals surface area (Å²) in [7, 11) is 0. The van der Waals surface area contributed by atoms with E-state index < -0.39 is 29.3 Å². The fourth-order valence-electron chi connectivity index (χ4n) is 2.27. The van der Waals surface area contributed by atoms with Crippen LogP contribution in [0.4, 0.5) is 4.79 Å². The Hall–Kier alpha value is -1.92. The molecule has 0 aliphatic carbocycles. The Labute approximate surface area is 131 Å². The highest BCUT2D eigenvalue weighted by atomic mass is 16.2. The van der Waals surface area contributed by atoms with Gasteiger partial charge in [-0.3, -0.25) is 19.3 Å². The number of imide groups is 1. The molecule has 0 radical (unpaired) electrons. The first-order valence-corrected chi connectivity index (χ1v) is 7.59. The molecular formula is C15H25N3O4. The molecule has 0 spiro atoms. The van der Waals surface area contributed by atoms with Crippen LogP contribution in [0.25, 0.3) is 0 Å². The van der Waals surface area contributed by atoms with Crippen molar-refractivity contribution in [3.8, 4) is 0 Å². The molecule has 1 aliphatic rings. The summed E-state index contributed by atoms with van der Waals surface area (Å²) in [6.45, 7) is 9.78. The minimum absolute atomic E-state index is 0.102. The van der Waals surface area contributed by atoms with E-state index in [1.165, 1.54) is 4.90 Å². The van der Waals surface area contributed by atoms with Gasteiger partial charge < -0.3 is 10.2 Å². The number of rotatable bonds is 4. The third kappa shape index (κ3) is 3.84. The van der Waals surface area contributed by atoms with Crippen molar-refractivity contribution in [2.45, 2.75) is 47.1 Å². The first-order chi connectivity index (χ1) is 10.1. The van der Waals surface area contributed by atoms with Crippen molar-refractivity contribution >= 4 is 23.6 Å². The van der Waals surface area contributed by atoms with Crippen molar-refractivity contribution in [2.24, 2.45) is 5.41 Å². The normalized spacial score (nSPS) is 17.5. The van der Waals surface area contributed by atoms with Crippen molar-refractivity contribution in [1.29, 1.82) is 0 Å². The van der Waals surface area contributed by atoms with E-state index >= 15 is 0 Å². The molecule has 7 nitrogen and oxygen atoms in total. The second kappa shape index (κ2) is 6.89. The van der Waals surface area contributed by atoms with E-state index in [0.717, 1.165) is 4.90 Å². The van der Waals surface area contributed by atoms with Gasteiger partial charge in [0.2, 0.25) is 0 Å². The van der Waals surface area contributed by atoms with Crippen molar-refractivity contribution in [3.05, 3.63) is 0 Å². The van der Waals surface area contributed by atoms with Gasteiger partial charge in [0, 0.05) is 25.0 Å². The van der Waals surface area contributed by atoms with Crippen LogP contribution >= 0.6 is 0 Å². The van der Waals surface area contributed by atoms with Crippen LogP contribution in [-0.2, 0) is 14.4 Å². The van der Waals surface area contributed by atoms with E-state index in [1.807, 2.05) is 0 Å². The fourth-order valence-corrected chi connectivity index (χ4v) is 2.27. The predicted molar refractivity (Wildman–Crippen MR) is 81.0 cm³/mol. The Kier molecular flexibility index (Phi) is 5.68. The zero-order chi connectivity index (χ0) is 17.1. The molecule has 0 bridgehead atoms. The number of likely N-dealkylation sites (N-methyl/N-ethyl adjacent to an activating group) is 1. The van der Waals surface area contributed by atoms with Crippen LogP contribution in [-0.4, -0.2) is 59.1 Å². The van der Waals surface area contributed by atoms with Crippen LogP contribution in [0.1, 0.15) is 41.0 Å². The Balaban J connectivity index is 2.78. The molecule has 4 amide bonds. The molecule has 0 saturated carbocycles. The lowest BCUT2D eigenvalue weighted by molar-refractivity contribution is -0.153. The average molecular weight is 311 g/mol. The number of ketones is 1. The Morgan fingerprint density at radius 1 is 1.14 bits per heavy atom. The molecule has 124 valence electrons. The van der Waals surface area contributed by atoms with Crippen LogP contribution in [0.3, 0.4) is 0 Å². The number of urea groups is 1. The summed E-state index contributed by atoms with van der Waals surface area (Å²) < 4.78 is 0. The summed E-state index contributed by atoms with van der Waals surface area (Å²) in [6, 6.07) is -1.35. The maximum atomic E-state index is 12.3. The van der Waals surface area contributed by atoms with Crippen molar-refractivity contribution in [1.82, 2.24) is 15.1 Å². The van der Waals surface area contributed by atoms with E-state index in [2.05, 4.69) is 5.32 Å². The number of amides is 4. The number of hydrogen-bond donors (Lipinski definition) is 1. The topological polar surface area (TPSA) is 86.8 Å². The number of hydrogen-bond acceptors (Lipinski definition) is 4. The monoisotopic (exact) mass is 311 g/mol. The molecule has 1 heterocycles. The molecule has 1 saturated heterocycles. The number of carbonyl (C=O) groups excluding carboxylic acids is 4. The SMILES string of the molecule is CC[C@@H](NC(=O)N1CCN(CC)C(=O)C1=O)C(=O)C(C)(C)C. The van der Waals surface area contributed by atoms with Gasteiger partial charge in [0.1, 0.15) is 0 Å². The third-order valence-corrected chi connectivity index (χ3v) is 3.70. The molecule has 22 heavy (non-hydrogen) atoms. The number of nitrogens with one attached hydrogen (secondary N) is 1. The van der Waals surface area contributed by atoms with Gasteiger partial charge in [-0.05, 0) is 13.3 Å². The van der Waals surface area contributed by atoms with E-state index in [4.69, 9.17) is 0 Å². The summed E-state index contributed by atoms with van der Waals surface area (Å²) in [5.74, 6) is -1.63. The molecule has 1 atom stereocenters. The molecule has 0 aromatic carbocycles. The largest absolute Gasteiger partial charge is 0.333 e. The molecule has 1 rings (SSSR count). The summed E-state index contributed by atoms with van der Waals surface area (Å²) in [6.07, 6.45) is 0.429. The standard InChI is InChI=1S/C15H25N3O4/c1-6-10(11(19)15(3,4)5)16-14(22)18-9-8-17(7-2)12(20)13(18)21/h10H,6-9H2,1-5H3,(H,16,22)/t10-/m1/s1. The van der Waals surface area contributed by atoms with Gasteiger partial charge in [-0.25, -0.2) is 4.79 Å². The van der Waals surface area contributed by atoms with Crippen LogP contribution in [0.15, 0.2) is 0 Å². The van der Waals surface area contributed by atoms with Crippen LogP contribution < -0.4 is 5.32 Å². The first kappa shape index (κ1) is 18.1. The Morgan fingerprint density at radius 2 is 1.73 bits per heavy atom. The highest BCUT2D eigenvalue weighted by molar-refractivity contribution is 6.38. The molecule has 1 aliphatic heterocycles. The number of carbonyl (C=O) groups is 4. The number of nitrogens with zero attached hydrogens (tertiary/aromatic N) is 2. The van der Waals surface area contributed by atoms with Crippen molar-refractivity contribution in [3.63, 3.8) is 0 Å². The van der Waals surface area contributed by atoms with Gasteiger partial charge in [0.25, 0.3) is 0 Å². The second-order valence-electron chi connectivity index (χ2n) is 6.37. The zero-order valence-electron chi connectivity index (χ0n) is 13.9. The quantitative estimate of drug-likeness (QED) is 0.777. The van der Waals surface area contributed by atoms with Gasteiger partial charge in [-0.1, -0.05) is 27.7 Å². The molecule has 1 fully saturated rings. The Bertz CT molecular complexity index is 482. The minimum atomic E-state index is -0.844. The summed E-state index contributed by atoms with van der Waals surface area (Å²) in [5, 5.41) is 2.57. The summed E-state index contributed by atoms with van der Waals surface area (Å²) in [4.78, 5) is 50.5.